The van der Waals surface area contributed by atoms with E-state index in [1.54, 1.807) is 0 Å². The molecule has 1 heterocycles. The molecule has 1 fully saturated rings. The number of non-ortho nitro benzene ring substituents is 2. The maximum atomic E-state index is 10.3. The molecule has 0 aliphatic carbocycles. The van der Waals surface area contributed by atoms with E-state index in [2.05, 4.69) is 17.5 Å². The molecule has 0 radical (unpaired) electrons. The Morgan fingerprint density at radius 1 is 1.09 bits per heavy atom. The van der Waals surface area contributed by atoms with Crippen LogP contribution in [0.15, 0.2) is 48.5 Å². The number of nitrogens with one attached hydrogen (secondary N) is 1. The van der Waals surface area contributed by atoms with Crippen LogP contribution in [0.5, 0.6) is 0 Å². The summed E-state index contributed by atoms with van der Waals surface area (Å²) < 4.78 is 11.5. The Morgan fingerprint density at radius 2 is 1.45 bits per heavy atom. The van der Waals surface area contributed by atoms with Gasteiger partial charge in [-0.15, -0.1) is 0 Å². The number of halogens is 1. The fourth-order valence-electron chi connectivity index (χ4n) is 1.92. The van der Waals surface area contributed by atoms with Crippen LogP contribution in [0.3, 0.4) is 0 Å². The van der Waals surface area contributed by atoms with E-state index in [1.807, 2.05) is 29.2 Å². The normalized spacial score (nSPS) is 10.9. The summed E-state index contributed by atoms with van der Waals surface area (Å²) in [4.78, 5) is 19.4. The fourth-order valence-corrected chi connectivity index (χ4v) is 2.03. The molecule has 0 amide bonds. The molecule has 33 heavy (non-hydrogen) atoms. The predicted octanol–water partition coefficient (Wildman–Crippen LogP) is 0.872. The van der Waals surface area contributed by atoms with Gasteiger partial charge in [-0.3, -0.25) is 20.2 Å². The van der Waals surface area contributed by atoms with Gasteiger partial charge >= 0.3 is 29.6 Å². The van der Waals surface area contributed by atoms with Crippen molar-refractivity contribution < 1.29 is 49.6 Å². The van der Waals surface area contributed by atoms with E-state index in [4.69, 9.17) is 17.5 Å². The zero-order valence-electron chi connectivity index (χ0n) is 19.3. The van der Waals surface area contributed by atoms with Gasteiger partial charge < -0.3 is 27.0 Å². The summed E-state index contributed by atoms with van der Waals surface area (Å²) in [5.74, 6) is 0. The average Bonchev–Trinajstić information content (AvgIpc) is 3.28. The van der Waals surface area contributed by atoms with Gasteiger partial charge in [0, 0.05) is 48.9 Å². The molecule has 2 aromatic carbocycles. The second-order valence-electron chi connectivity index (χ2n) is 5.68. The van der Waals surface area contributed by atoms with E-state index in [0.29, 0.717) is 11.4 Å². The number of thiocarbonyl (C=S) groups is 1. The maximum absolute atomic E-state index is 10.3. The summed E-state index contributed by atoms with van der Waals surface area (Å²) in [6.07, 6.45) is 2.56. The Hall–Kier alpha value is -1.56. The molecule has 6 N–H and O–H groups in total. The van der Waals surface area contributed by atoms with Gasteiger partial charge in [0.25, 0.3) is 11.4 Å². The number of nitro benzene ring substituents is 2. The molecule has 0 unspecified atom stereocenters. The monoisotopic (exact) mass is 603 g/mol. The van der Waals surface area contributed by atoms with Crippen molar-refractivity contribution in [1.29, 1.82) is 1.34 Å². The average molecular weight is 603 g/mol. The van der Waals surface area contributed by atoms with E-state index >= 15 is 0 Å². The molecular weight excluding hydrogens is 575 g/mol. The fraction of sp³-hybridized carbons (Fsp3) is 0.278. The Labute approximate surface area is 235 Å². The quantitative estimate of drug-likeness (QED) is 0.113. The van der Waals surface area contributed by atoms with Gasteiger partial charge in [-0.25, -0.2) is 0 Å². The van der Waals surface area contributed by atoms with Gasteiger partial charge in [0.15, 0.2) is 10.2 Å². The van der Waals surface area contributed by atoms with Crippen molar-refractivity contribution in [2.45, 2.75) is 19.7 Å². The Balaban J connectivity index is -0.000000406. The second kappa shape index (κ2) is 22.2. The van der Waals surface area contributed by atoms with Crippen LogP contribution in [0.4, 0.5) is 22.7 Å². The number of rotatable bonds is 3. The van der Waals surface area contributed by atoms with E-state index < -0.39 is 9.85 Å². The van der Waals surface area contributed by atoms with Gasteiger partial charge in [0.1, 0.15) is 0 Å². The minimum absolute atomic E-state index is 0. The SMILES string of the molecule is C1CCOC1.NC(=S)Nc1ccc([N+](=O)[O-])cc1.Nc1ccc([N+](=O)[O-])cc1.[3H]B(C)I.[Na+].[OH-]. The second-order valence-corrected chi connectivity index (χ2v) is 7.37. The third-order valence-corrected chi connectivity index (χ3v) is 3.38. The van der Waals surface area contributed by atoms with Gasteiger partial charge in [0.05, 0.1) is 9.85 Å². The van der Waals surface area contributed by atoms with Crippen molar-refractivity contribution in [2.24, 2.45) is 5.73 Å². The molecule has 0 atom stereocenters. The molecule has 1 aliphatic heterocycles. The summed E-state index contributed by atoms with van der Waals surface area (Å²) in [5.41, 5.74) is 11.8. The number of ether oxygens (including phenoxy) is 1. The number of nitrogens with two attached hydrogens (primary N) is 2. The summed E-state index contributed by atoms with van der Waals surface area (Å²) in [5, 5.41) is 23.2. The van der Waals surface area contributed by atoms with E-state index in [1.165, 1.54) is 61.4 Å². The van der Waals surface area contributed by atoms with Gasteiger partial charge in [-0.1, -0.05) is 6.82 Å². The molecule has 0 spiro atoms. The van der Waals surface area contributed by atoms with Crippen molar-refractivity contribution in [3.8, 4) is 0 Å². The number of nitro groups is 2. The number of hydrogen-bond donors (Lipinski definition) is 3. The zero-order valence-corrected chi connectivity index (χ0v) is 23.3. The van der Waals surface area contributed by atoms with Crippen molar-refractivity contribution in [1.82, 2.24) is 0 Å². The van der Waals surface area contributed by atoms with E-state index in [0.717, 1.165) is 13.2 Å². The van der Waals surface area contributed by atoms with Crippen LogP contribution in [-0.2, 0) is 4.74 Å². The minimum atomic E-state index is -0.468. The molecule has 176 valence electrons. The Bertz CT molecular complexity index is 841. The van der Waals surface area contributed by atoms with Crippen LogP contribution in [0, 0.1) is 20.2 Å². The Morgan fingerprint density at radius 3 is 1.73 bits per heavy atom. The number of benzene rings is 2. The topological polar surface area (TPSA) is 190 Å². The third kappa shape index (κ3) is 19.6. The smallest absolute Gasteiger partial charge is 0.870 e. The minimum Gasteiger partial charge on any atom is -0.870 e. The van der Waals surface area contributed by atoms with Crippen molar-refractivity contribution in [2.75, 3.05) is 24.3 Å². The van der Waals surface area contributed by atoms with Crippen molar-refractivity contribution in [3.05, 3.63) is 68.8 Å². The van der Waals surface area contributed by atoms with Crippen LogP contribution in [0.25, 0.3) is 0 Å². The first kappa shape index (κ1) is 33.6. The van der Waals surface area contributed by atoms with Gasteiger partial charge in [-0.05, 0) is 50.7 Å². The molecule has 0 bridgehead atoms. The van der Waals surface area contributed by atoms with Gasteiger partial charge in [-0.2, -0.15) is 22.4 Å². The summed E-state index contributed by atoms with van der Waals surface area (Å²) in [6, 6.07) is 11.6. The van der Waals surface area contributed by atoms with E-state index in [9.17, 15) is 20.2 Å². The molecule has 2 aromatic rings. The molecule has 1 aliphatic rings. The number of hydrogen-bond acceptors (Lipinski definition) is 8. The summed E-state index contributed by atoms with van der Waals surface area (Å²) in [6.45, 7) is 3.82. The zero-order chi connectivity index (χ0) is 24.5. The van der Waals surface area contributed by atoms with Crippen LogP contribution in [-0.4, -0.2) is 40.1 Å². The van der Waals surface area contributed by atoms with Crippen LogP contribution < -0.4 is 46.3 Å². The van der Waals surface area contributed by atoms with E-state index in [-0.39, 0.29) is 56.6 Å². The molecule has 0 saturated carbocycles. The number of nitrogens with zero attached hydrogens (tertiary/aromatic N) is 2. The van der Waals surface area contributed by atoms with Crippen molar-refractivity contribution >= 4 is 67.6 Å². The van der Waals surface area contributed by atoms with Crippen LogP contribution in [0.1, 0.15) is 12.8 Å². The summed E-state index contributed by atoms with van der Waals surface area (Å²) in [7, 11) is 0. The number of anilines is 2. The van der Waals surface area contributed by atoms with Gasteiger partial charge in [0.2, 0.25) is 0 Å². The standard InChI is InChI=1S/C7H7N3O2S.C6H6N2O2.C4H8O.CH4BI.Na.H2O/c8-7(13)9-5-1-3-6(4-2-5)10(11)12;7-5-1-3-6(4-2-5)8(9)10;1-2-4-5-3-1;1-2-3;;/h1-4H,(H3,8,9,13);1-4H,7H2;1-4H2;2H,1H3;;1H2/q;;;;+1;/p-1/i;;;2T;;. The summed E-state index contributed by atoms with van der Waals surface area (Å²) >= 11 is 6.60. The van der Waals surface area contributed by atoms with Crippen LogP contribution >= 0.6 is 34.6 Å². The molecule has 15 heteroatoms. The molecular formula is C18H26BIN5NaO6S. The molecule has 1 saturated heterocycles. The first-order valence-corrected chi connectivity index (χ1v) is 10.6. The molecule has 11 nitrogen and oxygen atoms in total. The van der Waals surface area contributed by atoms with Crippen molar-refractivity contribution in [3.63, 3.8) is 0 Å². The third-order valence-electron chi connectivity index (χ3n) is 3.28. The Kier molecular flexibility index (Phi) is 22.7. The predicted molar refractivity (Wildman–Crippen MR) is 140 cm³/mol. The largest absolute Gasteiger partial charge is 1.00 e. The van der Waals surface area contributed by atoms with Crippen LogP contribution in [0.2, 0.25) is 6.82 Å². The number of nitrogen functional groups attached to an aromatic ring is 1. The maximum Gasteiger partial charge on any atom is 1.00 e. The molecule has 0 aromatic heterocycles. The first-order valence-electron chi connectivity index (χ1n) is 9.55. The molecule has 3 rings (SSSR count). The first-order chi connectivity index (χ1) is 15.0.